The summed E-state index contributed by atoms with van der Waals surface area (Å²) in [6, 6.07) is 17.0. The molecule has 0 aliphatic carbocycles. The van der Waals surface area contributed by atoms with Crippen molar-refractivity contribution in [2.24, 2.45) is 0 Å². The zero-order valence-corrected chi connectivity index (χ0v) is 13.1. The molecule has 122 valence electrons. The molecule has 0 aliphatic heterocycles. The van der Waals surface area contributed by atoms with E-state index in [1.54, 1.807) is 7.05 Å². The number of amides is 1. The summed E-state index contributed by atoms with van der Waals surface area (Å²) in [4.78, 5) is 13.5. The maximum Gasteiger partial charge on any atom is 0.410 e. The van der Waals surface area contributed by atoms with Gasteiger partial charge in [0.25, 0.3) is 0 Å². The Bertz CT molecular complexity index is 598. The van der Waals surface area contributed by atoms with Crippen molar-refractivity contribution < 1.29 is 19.4 Å². The van der Waals surface area contributed by atoms with E-state index in [0.29, 0.717) is 12.3 Å². The highest BCUT2D eigenvalue weighted by molar-refractivity contribution is 5.67. The highest BCUT2D eigenvalue weighted by atomic mass is 16.6. The van der Waals surface area contributed by atoms with Crippen molar-refractivity contribution in [2.45, 2.75) is 13.2 Å². The van der Waals surface area contributed by atoms with E-state index in [9.17, 15) is 4.79 Å². The van der Waals surface area contributed by atoms with Gasteiger partial charge in [0.15, 0.2) is 0 Å². The summed E-state index contributed by atoms with van der Waals surface area (Å²) in [5.41, 5.74) is 1.93. The summed E-state index contributed by atoms with van der Waals surface area (Å²) in [7, 11) is 1.70. The third-order valence-electron chi connectivity index (χ3n) is 3.22. The lowest BCUT2D eigenvalue weighted by Crippen LogP contribution is -2.26. The van der Waals surface area contributed by atoms with Gasteiger partial charge in [-0.05, 0) is 23.3 Å². The quantitative estimate of drug-likeness (QED) is 0.853. The van der Waals surface area contributed by atoms with Crippen LogP contribution in [0.15, 0.2) is 54.6 Å². The molecular formula is C18H21NO4. The topological polar surface area (TPSA) is 59.0 Å². The minimum Gasteiger partial charge on any atom is -0.491 e. The number of carbonyl (C=O) groups is 1. The molecule has 1 amide bonds. The molecule has 0 bridgehead atoms. The second-order valence-corrected chi connectivity index (χ2v) is 5.11. The Balaban J connectivity index is 1.80. The van der Waals surface area contributed by atoms with Gasteiger partial charge < -0.3 is 19.5 Å². The monoisotopic (exact) mass is 315 g/mol. The lowest BCUT2D eigenvalue weighted by Gasteiger charge is -2.17. The van der Waals surface area contributed by atoms with Crippen molar-refractivity contribution in [3.05, 3.63) is 65.7 Å². The summed E-state index contributed by atoms with van der Waals surface area (Å²) in [6.45, 7) is 0.967. The average molecular weight is 315 g/mol. The molecular weight excluding hydrogens is 294 g/mol. The van der Waals surface area contributed by atoms with Gasteiger partial charge >= 0.3 is 6.09 Å². The molecule has 2 aromatic carbocycles. The van der Waals surface area contributed by atoms with Crippen LogP contribution in [0.1, 0.15) is 11.1 Å². The van der Waals surface area contributed by atoms with Crippen molar-refractivity contribution in [3.63, 3.8) is 0 Å². The van der Waals surface area contributed by atoms with Gasteiger partial charge in [0, 0.05) is 13.6 Å². The Kier molecular flexibility index (Phi) is 6.44. The van der Waals surface area contributed by atoms with E-state index < -0.39 is 0 Å². The minimum absolute atomic E-state index is 0.0161. The van der Waals surface area contributed by atoms with Gasteiger partial charge in [-0.15, -0.1) is 0 Å². The van der Waals surface area contributed by atoms with Gasteiger partial charge in [-0.1, -0.05) is 42.5 Å². The number of hydrogen-bond acceptors (Lipinski definition) is 4. The standard InChI is InChI=1S/C18H21NO4/c1-19(18(21)23-14-16-5-3-2-4-6-16)13-15-7-9-17(10-8-15)22-12-11-20/h2-10,20H,11-14H2,1H3. The highest BCUT2D eigenvalue weighted by Crippen LogP contribution is 2.13. The fraction of sp³-hybridized carbons (Fsp3) is 0.278. The van der Waals surface area contributed by atoms with Gasteiger partial charge in [0.05, 0.1) is 6.61 Å². The lowest BCUT2D eigenvalue weighted by atomic mass is 10.2. The van der Waals surface area contributed by atoms with Crippen molar-refractivity contribution in [1.82, 2.24) is 4.90 Å². The minimum atomic E-state index is -0.366. The summed E-state index contributed by atoms with van der Waals surface area (Å²) >= 11 is 0. The number of nitrogens with zero attached hydrogens (tertiary/aromatic N) is 1. The van der Waals surface area contributed by atoms with Crippen molar-refractivity contribution >= 4 is 6.09 Å². The number of aliphatic hydroxyl groups excluding tert-OH is 1. The van der Waals surface area contributed by atoms with E-state index in [1.165, 1.54) is 4.90 Å². The molecule has 5 nitrogen and oxygen atoms in total. The second-order valence-electron chi connectivity index (χ2n) is 5.11. The van der Waals surface area contributed by atoms with Crippen molar-refractivity contribution in [3.8, 4) is 5.75 Å². The van der Waals surface area contributed by atoms with Crippen LogP contribution in [-0.4, -0.2) is 36.4 Å². The van der Waals surface area contributed by atoms with Crippen LogP contribution in [0.2, 0.25) is 0 Å². The molecule has 0 saturated heterocycles. The molecule has 0 unspecified atom stereocenters. The highest BCUT2D eigenvalue weighted by Gasteiger charge is 2.10. The van der Waals surface area contributed by atoms with Gasteiger partial charge in [-0.2, -0.15) is 0 Å². The van der Waals surface area contributed by atoms with Crippen LogP contribution in [0.25, 0.3) is 0 Å². The Labute approximate surface area is 136 Å². The van der Waals surface area contributed by atoms with E-state index in [2.05, 4.69) is 0 Å². The number of hydrogen-bond donors (Lipinski definition) is 1. The Morgan fingerprint density at radius 2 is 1.74 bits per heavy atom. The zero-order chi connectivity index (χ0) is 16.5. The Morgan fingerprint density at radius 3 is 2.39 bits per heavy atom. The molecule has 2 aromatic rings. The zero-order valence-electron chi connectivity index (χ0n) is 13.1. The van der Waals surface area contributed by atoms with Crippen molar-refractivity contribution in [2.75, 3.05) is 20.3 Å². The molecule has 0 aliphatic rings. The largest absolute Gasteiger partial charge is 0.491 e. The number of rotatable bonds is 7. The predicted molar refractivity (Wildman–Crippen MR) is 87.1 cm³/mol. The second kappa shape index (κ2) is 8.80. The van der Waals surface area contributed by atoms with Crippen LogP contribution >= 0.6 is 0 Å². The van der Waals surface area contributed by atoms with Crippen LogP contribution in [0.4, 0.5) is 4.79 Å². The molecule has 0 fully saturated rings. The molecule has 1 N–H and O–H groups in total. The number of carbonyl (C=O) groups excluding carboxylic acids is 1. The van der Waals surface area contributed by atoms with E-state index >= 15 is 0 Å². The van der Waals surface area contributed by atoms with Crippen LogP contribution in [0, 0.1) is 0 Å². The molecule has 0 aromatic heterocycles. The van der Waals surface area contributed by atoms with Gasteiger partial charge in [-0.25, -0.2) is 4.79 Å². The molecule has 0 heterocycles. The molecule has 5 heteroatoms. The fourth-order valence-electron chi connectivity index (χ4n) is 2.02. The number of ether oxygens (including phenoxy) is 2. The Morgan fingerprint density at radius 1 is 1.04 bits per heavy atom. The third-order valence-corrected chi connectivity index (χ3v) is 3.22. The van der Waals surface area contributed by atoms with Gasteiger partial charge in [0.1, 0.15) is 19.0 Å². The first-order chi connectivity index (χ1) is 11.2. The maximum atomic E-state index is 12.0. The van der Waals surface area contributed by atoms with Crippen LogP contribution in [0.5, 0.6) is 5.75 Å². The van der Waals surface area contributed by atoms with E-state index in [1.807, 2.05) is 54.6 Å². The van der Waals surface area contributed by atoms with Crippen molar-refractivity contribution in [1.29, 1.82) is 0 Å². The first-order valence-electron chi connectivity index (χ1n) is 7.43. The fourth-order valence-corrected chi connectivity index (χ4v) is 2.02. The van der Waals surface area contributed by atoms with Gasteiger partial charge in [-0.3, -0.25) is 0 Å². The van der Waals surface area contributed by atoms with Gasteiger partial charge in [0.2, 0.25) is 0 Å². The molecule has 0 atom stereocenters. The molecule has 0 saturated carbocycles. The number of aliphatic hydroxyl groups is 1. The summed E-state index contributed by atoms with van der Waals surface area (Å²) in [5, 5.41) is 8.71. The normalized spacial score (nSPS) is 10.2. The molecule has 0 spiro atoms. The molecule has 0 radical (unpaired) electrons. The van der Waals surface area contributed by atoms with E-state index in [-0.39, 0.29) is 25.9 Å². The summed E-state index contributed by atoms with van der Waals surface area (Å²) in [6.07, 6.45) is -0.366. The third kappa shape index (κ3) is 5.64. The first-order valence-corrected chi connectivity index (χ1v) is 7.43. The summed E-state index contributed by atoms with van der Waals surface area (Å²) < 4.78 is 10.6. The Hall–Kier alpha value is -2.53. The molecule has 2 rings (SSSR count). The van der Waals surface area contributed by atoms with Crippen LogP contribution in [0.3, 0.4) is 0 Å². The maximum absolute atomic E-state index is 12.0. The van der Waals surface area contributed by atoms with Crippen LogP contribution < -0.4 is 4.74 Å². The average Bonchev–Trinajstić information content (AvgIpc) is 2.60. The van der Waals surface area contributed by atoms with E-state index in [4.69, 9.17) is 14.6 Å². The number of benzene rings is 2. The predicted octanol–water partition coefficient (Wildman–Crippen LogP) is 2.83. The lowest BCUT2D eigenvalue weighted by molar-refractivity contribution is 0.103. The van der Waals surface area contributed by atoms with E-state index in [0.717, 1.165) is 11.1 Å². The molecule has 23 heavy (non-hydrogen) atoms. The summed E-state index contributed by atoms with van der Waals surface area (Å²) in [5.74, 6) is 0.692. The first kappa shape index (κ1) is 16.8. The SMILES string of the molecule is CN(Cc1ccc(OCCO)cc1)C(=O)OCc1ccccc1. The van der Waals surface area contributed by atoms with Crippen LogP contribution in [-0.2, 0) is 17.9 Å². The smallest absolute Gasteiger partial charge is 0.410 e.